The van der Waals surface area contributed by atoms with Crippen LogP contribution >= 0.6 is 0 Å². The molecule has 1 spiro atoms. The van der Waals surface area contributed by atoms with Crippen LogP contribution in [0.3, 0.4) is 0 Å². The van der Waals surface area contributed by atoms with Gasteiger partial charge in [0.05, 0.1) is 44.9 Å². The normalized spacial score (nSPS) is 22.4. The van der Waals surface area contributed by atoms with Crippen LogP contribution < -0.4 is 34.1 Å². The molecule has 5 aromatic carbocycles. The Morgan fingerprint density at radius 2 is 1.38 bits per heavy atom. The van der Waals surface area contributed by atoms with E-state index in [9.17, 15) is 14.7 Å². The molecule has 0 unspecified atom stereocenters. The summed E-state index contributed by atoms with van der Waals surface area (Å²) in [6.07, 6.45) is -0.0661. The Bertz CT molecular complexity index is 2440. The summed E-state index contributed by atoms with van der Waals surface area (Å²) >= 11 is 0. The fraction of sp³-hybridized carbons (Fsp3) is 0.283. The Morgan fingerprint density at radius 1 is 0.759 bits per heavy atom. The molecule has 11 nitrogen and oxygen atoms in total. The molecule has 1 N–H and O–H groups in total. The number of carbonyl (C=O) groups is 3. The number of benzene rings is 5. The number of aliphatic hydroxyl groups is 1. The van der Waals surface area contributed by atoms with Crippen LogP contribution in [0.4, 0.5) is 28.4 Å². The third-order valence-electron chi connectivity index (χ3n) is 12.4. The lowest BCUT2D eigenvalue weighted by Gasteiger charge is -2.37. The molecule has 0 radical (unpaired) electrons. The maximum Gasteiger partial charge on any atom is 0.269 e. The summed E-state index contributed by atoms with van der Waals surface area (Å²) in [4.78, 5) is 47.5. The average Bonchev–Trinajstić information content (AvgIpc) is 3.66. The van der Waals surface area contributed by atoms with Crippen LogP contribution in [0.25, 0.3) is 0 Å². The minimum Gasteiger partial charge on any atom is -0.497 e. The van der Waals surface area contributed by atoms with Crippen LogP contribution in [0, 0.1) is 5.92 Å². The summed E-state index contributed by atoms with van der Waals surface area (Å²) < 4.78 is 24.2. The minimum absolute atomic E-state index is 0.0741. The molecule has 4 aliphatic rings. The first-order valence-electron chi connectivity index (χ1n) is 19.6. The zero-order chi connectivity index (χ0) is 40.3. The van der Waals surface area contributed by atoms with E-state index in [1.165, 1.54) is 5.19 Å². The van der Waals surface area contributed by atoms with Gasteiger partial charge in [-0.1, -0.05) is 73.7 Å². The van der Waals surface area contributed by atoms with Gasteiger partial charge in [0.1, 0.15) is 17.2 Å². The summed E-state index contributed by atoms with van der Waals surface area (Å²) in [7, 11) is -0.796. The SMILES string of the molecule is COc1ccc([Si](C)(C)[C@H]2[C@H](CCO)O[C@@]3(C(=O)N(Cc4cccc(N5C(=O)COc6ccccc65)c4)c4ccc(N5C(=O)COc6ccccc65)cc43)[C@@H]2C)cc1. The van der Waals surface area contributed by atoms with Crippen LogP contribution in [-0.4, -0.2) is 63.9 Å². The number of anilines is 5. The van der Waals surface area contributed by atoms with E-state index >= 15 is 4.79 Å². The van der Waals surface area contributed by atoms with Crippen molar-refractivity contribution in [3.05, 3.63) is 126 Å². The van der Waals surface area contributed by atoms with E-state index < -0.39 is 19.8 Å². The highest BCUT2D eigenvalue weighted by atomic mass is 28.3. The van der Waals surface area contributed by atoms with Crippen LogP contribution in [0.2, 0.25) is 18.6 Å². The molecule has 5 aromatic rings. The molecular formula is C46H45N3O8Si. The number of carbonyl (C=O) groups excluding carboxylic acids is 3. The monoisotopic (exact) mass is 795 g/mol. The van der Waals surface area contributed by atoms with Gasteiger partial charge in [-0.2, -0.15) is 0 Å². The zero-order valence-electron chi connectivity index (χ0n) is 32.9. The molecule has 0 bridgehead atoms. The Labute approximate surface area is 338 Å². The third kappa shape index (κ3) is 5.88. The minimum atomic E-state index is -2.44. The summed E-state index contributed by atoms with van der Waals surface area (Å²) in [6, 6.07) is 36.4. The predicted octanol–water partition coefficient (Wildman–Crippen LogP) is 6.95. The summed E-state index contributed by atoms with van der Waals surface area (Å²) in [5, 5.41) is 11.6. The first-order chi connectivity index (χ1) is 28.1. The van der Waals surface area contributed by atoms with Gasteiger partial charge in [0.25, 0.3) is 17.7 Å². The van der Waals surface area contributed by atoms with E-state index in [2.05, 4.69) is 32.2 Å². The van der Waals surface area contributed by atoms with Crippen molar-refractivity contribution in [2.75, 3.05) is 41.6 Å². The smallest absolute Gasteiger partial charge is 0.269 e. The molecular weight excluding hydrogens is 751 g/mol. The molecule has 9 rings (SSSR count). The molecule has 296 valence electrons. The number of para-hydroxylation sites is 4. The van der Waals surface area contributed by atoms with Crippen molar-refractivity contribution in [2.45, 2.75) is 50.2 Å². The fourth-order valence-corrected chi connectivity index (χ4v) is 13.8. The van der Waals surface area contributed by atoms with Crippen LogP contribution in [0.15, 0.2) is 115 Å². The highest BCUT2D eigenvalue weighted by molar-refractivity contribution is 6.91. The van der Waals surface area contributed by atoms with Crippen molar-refractivity contribution in [2.24, 2.45) is 5.92 Å². The maximum atomic E-state index is 15.6. The van der Waals surface area contributed by atoms with Gasteiger partial charge in [-0.05, 0) is 84.3 Å². The molecule has 4 aliphatic heterocycles. The van der Waals surface area contributed by atoms with E-state index in [0.29, 0.717) is 51.9 Å². The highest BCUT2D eigenvalue weighted by Gasteiger charge is 2.66. The largest absolute Gasteiger partial charge is 0.497 e. The van der Waals surface area contributed by atoms with Crippen LogP contribution in [0.5, 0.6) is 17.2 Å². The maximum absolute atomic E-state index is 15.6. The standard InChI is InChI=1S/C46H45N3O8Si/c1-29-44(58(3,4)34-19-17-33(54-2)18-20-34)41(22-23-50)57-46(29)35-25-32(49-38-13-6-8-15-40(38)56-28-43(49)52)16-21-36(35)47(45(46)53)26-30-10-9-11-31(24-30)48-37-12-5-7-14-39(37)55-27-42(48)51/h5-21,24-25,29,41,44,50H,22-23,26-28H2,1-4H3/t29-,41+,44-,46+/m1/s1. The Hall–Kier alpha value is -5.95. The van der Waals surface area contributed by atoms with Gasteiger partial charge in [-0.15, -0.1) is 0 Å². The van der Waals surface area contributed by atoms with E-state index in [4.69, 9.17) is 18.9 Å². The molecule has 3 amide bonds. The average molecular weight is 796 g/mol. The Morgan fingerprint density at radius 3 is 2.00 bits per heavy atom. The van der Waals surface area contributed by atoms with E-state index in [0.717, 1.165) is 11.3 Å². The quantitative estimate of drug-likeness (QED) is 0.159. The Balaban J connectivity index is 1.16. The molecule has 0 aliphatic carbocycles. The van der Waals surface area contributed by atoms with Crippen LogP contribution in [-0.2, 0) is 31.3 Å². The highest BCUT2D eigenvalue weighted by Crippen LogP contribution is 2.61. The van der Waals surface area contributed by atoms with Crippen molar-refractivity contribution >= 4 is 59.4 Å². The van der Waals surface area contributed by atoms with Gasteiger partial charge >= 0.3 is 0 Å². The number of fused-ring (bicyclic) bond motifs is 4. The summed E-state index contributed by atoms with van der Waals surface area (Å²) in [5.41, 5.74) is 3.22. The van der Waals surface area contributed by atoms with E-state index in [1.54, 1.807) is 21.8 Å². The fourth-order valence-electron chi connectivity index (χ4n) is 9.74. The lowest BCUT2D eigenvalue weighted by Crippen LogP contribution is -2.51. The van der Waals surface area contributed by atoms with Crippen molar-refractivity contribution in [3.8, 4) is 17.2 Å². The molecule has 4 atom stereocenters. The molecule has 1 fully saturated rings. The van der Waals surface area contributed by atoms with Crippen molar-refractivity contribution in [1.82, 2.24) is 0 Å². The molecule has 0 saturated carbocycles. The van der Waals surface area contributed by atoms with E-state index in [1.807, 2.05) is 103 Å². The topological polar surface area (TPSA) is 118 Å². The number of hydrogen-bond donors (Lipinski definition) is 1. The second-order valence-corrected chi connectivity index (χ2v) is 20.6. The first-order valence-corrected chi connectivity index (χ1v) is 22.7. The van der Waals surface area contributed by atoms with Crippen molar-refractivity contribution in [3.63, 3.8) is 0 Å². The van der Waals surface area contributed by atoms with Crippen LogP contribution in [0.1, 0.15) is 24.5 Å². The number of rotatable bonds is 9. The molecule has 1 saturated heterocycles. The van der Waals surface area contributed by atoms with Gasteiger partial charge in [0.2, 0.25) is 0 Å². The van der Waals surface area contributed by atoms with Gasteiger partial charge < -0.3 is 29.0 Å². The van der Waals surface area contributed by atoms with E-state index in [-0.39, 0.29) is 55.5 Å². The first kappa shape index (κ1) is 37.6. The zero-order valence-corrected chi connectivity index (χ0v) is 33.9. The number of ether oxygens (including phenoxy) is 4. The Kier molecular flexibility index (Phi) is 9.37. The van der Waals surface area contributed by atoms with Gasteiger partial charge in [-0.3, -0.25) is 24.2 Å². The van der Waals surface area contributed by atoms with Crippen molar-refractivity contribution < 1.29 is 38.4 Å². The number of hydrogen-bond acceptors (Lipinski definition) is 8. The number of aliphatic hydroxyl groups excluding tert-OH is 1. The number of amides is 3. The van der Waals surface area contributed by atoms with Gasteiger partial charge in [0.15, 0.2) is 18.8 Å². The molecule has 4 heterocycles. The van der Waals surface area contributed by atoms with Crippen molar-refractivity contribution in [1.29, 1.82) is 0 Å². The lowest BCUT2D eigenvalue weighted by atomic mass is 9.82. The van der Waals surface area contributed by atoms with Gasteiger partial charge in [-0.25, -0.2) is 0 Å². The summed E-state index contributed by atoms with van der Waals surface area (Å²) in [5.74, 6) is 1.04. The number of nitrogens with zero attached hydrogens (tertiary/aromatic N) is 3. The second kappa shape index (κ2) is 14.5. The predicted molar refractivity (Wildman–Crippen MR) is 224 cm³/mol. The second-order valence-electron chi connectivity index (χ2n) is 15.9. The molecule has 12 heteroatoms. The summed E-state index contributed by atoms with van der Waals surface area (Å²) in [6.45, 7) is 6.61. The number of methoxy groups -OCH3 is 1. The molecule has 0 aromatic heterocycles. The third-order valence-corrected chi connectivity index (χ3v) is 16.8. The lowest BCUT2D eigenvalue weighted by molar-refractivity contribution is -0.146. The van der Waals surface area contributed by atoms with Gasteiger partial charge in [0, 0.05) is 29.5 Å². The molecule has 58 heavy (non-hydrogen) atoms.